The Bertz CT molecular complexity index is 1220. The molecule has 3 aromatic rings. The van der Waals surface area contributed by atoms with E-state index in [9.17, 15) is 19.2 Å². The molecule has 3 heterocycles. The largest absolute Gasteiger partial charge is 0.360 e. The summed E-state index contributed by atoms with van der Waals surface area (Å²) in [6.45, 7) is 2.32. The van der Waals surface area contributed by atoms with E-state index in [1.54, 1.807) is 42.2 Å². The number of nitrogens with one attached hydrogen (secondary N) is 3. The lowest BCUT2D eigenvalue weighted by Crippen LogP contribution is -2.46. The third-order valence-electron chi connectivity index (χ3n) is 5.53. The first-order valence-corrected chi connectivity index (χ1v) is 10.3. The maximum atomic E-state index is 12.5. The highest BCUT2D eigenvalue weighted by atomic mass is 16.5. The van der Waals surface area contributed by atoms with E-state index in [4.69, 9.17) is 4.52 Å². The molecule has 166 valence electrons. The van der Waals surface area contributed by atoms with Crippen LogP contribution in [0.1, 0.15) is 29.0 Å². The molecule has 3 N–H and O–H groups in total. The van der Waals surface area contributed by atoms with Gasteiger partial charge in [0.05, 0.1) is 6.54 Å². The zero-order valence-corrected chi connectivity index (χ0v) is 17.5. The van der Waals surface area contributed by atoms with Gasteiger partial charge >= 0.3 is 0 Å². The molecular weight excluding hydrogens is 414 g/mol. The van der Waals surface area contributed by atoms with Gasteiger partial charge in [0, 0.05) is 42.2 Å². The number of amides is 3. The fourth-order valence-electron chi connectivity index (χ4n) is 3.74. The van der Waals surface area contributed by atoms with Gasteiger partial charge in [-0.05, 0) is 31.9 Å². The molecule has 0 aliphatic carbocycles. The summed E-state index contributed by atoms with van der Waals surface area (Å²) in [6, 6.07) is 8.54. The van der Waals surface area contributed by atoms with Crippen molar-refractivity contribution in [1.29, 1.82) is 0 Å². The Morgan fingerprint density at radius 1 is 1.22 bits per heavy atom. The summed E-state index contributed by atoms with van der Waals surface area (Å²) in [5, 5.41) is 9.39. The van der Waals surface area contributed by atoms with Crippen LogP contribution in [0.4, 0.5) is 5.82 Å². The maximum absolute atomic E-state index is 12.5. The van der Waals surface area contributed by atoms with E-state index in [2.05, 4.69) is 20.8 Å². The van der Waals surface area contributed by atoms with Crippen LogP contribution in [0.2, 0.25) is 0 Å². The lowest BCUT2D eigenvalue weighted by Gasteiger charge is -2.31. The van der Waals surface area contributed by atoms with Crippen molar-refractivity contribution in [2.45, 2.75) is 19.8 Å². The van der Waals surface area contributed by atoms with E-state index in [0.717, 1.165) is 0 Å². The molecule has 0 unspecified atom stereocenters. The first-order chi connectivity index (χ1) is 15.4. The number of piperidine rings is 1. The highest BCUT2D eigenvalue weighted by molar-refractivity contribution is 5.98. The van der Waals surface area contributed by atoms with Crippen LogP contribution < -0.4 is 16.1 Å². The number of benzene rings is 1. The summed E-state index contributed by atoms with van der Waals surface area (Å²) in [5.74, 6) is -0.286. The molecule has 1 saturated heterocycles. The third kappa shape index (κ3) is 4.53. The van der Waals surface area contributed by atoms with Crippen LogP contribution >= 0.6 is 0 Å². The SMILES string of the molecule is Cc1cc(NC(=O)C2CCN(C(=O)CNC(=O)c3c[nH]c4ccccc4c3=O)CC2)no1. The molecule has 3 amide bonds. The summed E-state index contributed by atoms with van der Waals surface area (Å²) in [4.78, 5) is 54.4. The minimum absolute atomic E-state index is 0.0463. The lowest BCUT2D eigenvalue weighted by atomic mass is 9.96. The number of aromatic amines is 1. The minimum Gasteiger partial charge on any atom is -0.360 e. The highest BCUT2D eigenvalue weighted by Gasteiger charge is 2.28. The van der Waals surface area contributed by atoms with Crippen molar-refractivity contribution in [3.8, 4) is 0 Å². The number of H-pyrrole nitrogens is 1. The molecule has 2 aromatic heterocycles. The van der Waals surface area contributed by atoms with Gasteiger partial charge in [-0.3, -0.25) is 19.2 Å². The van der Waals surface area contributed by atoms with E-state index >= 15 is 0 Å². The van der Waals surface area contributed by atoms with E-state index in [-0.39, 0.29) is 29.8 Å². The second-order valence-corrected chi connectivity index (χ2v) is 7.73. The number of hydrogen-bond acceptors (Lipinski definition) is 6. The van der Waals surface area contributed by atoms with Crippen LogP contribution in [-0.4, -0.2) is 52.4 Å². The van der Waals surface area contributed by atoms with E-state index in [1.807, 2.05) is 0 Å². The van der Waals surface area contributed by atoms with Crippen molar-refractivity contribution in [3.63, 3.8) is 0 Å². The number of aryl methyl sites for hydroxylation is 1. The summed E-state index contributed by atoms with van der Waals surface area (Å²) in [6.07, 6.45) is 2.37. The van der Waals surface area contributed by atoms with Crippen molar-refractivity contribution in [2.75, 3.05) is 25.0 Å². The van der Waals surface area contributed by atoms with Gasteiger partial charge in [-0.1, -0.05) is 17.3 Å². The number of rotatable bonds is 5. The molecule has 1 fully saturated rings. The van der Waals surface area contributed by atoms with Gasteiger partial charge in [0.25, 0.3) is 5.91 Å². The minimum atomic E-state index is -0.609. The monoisotopic (exact) mass is 437 g/mol. The van der Waals surface area contributed by atoms with Crippen molar-refractivity contribution >= 4 is 34.4 Å². The normalized spacial score (nSPS) is 14.3. The van der Waals surface area contributed by atoms with Gasteiger partial charge in [-0.2, -0.15) is 0 Å². The van der Waals surface area contributed by atoms with Gasteiger partial charge in [0.1, 0.15) is 11.3 Å². The molecule has 0 radical (unpaired) electrons. The Morgan fingerprint density at radius 2 is 1.97 bits per heavy atom. The Balaban J connectivity index is 1.28. The summed E-state index contributed by atoms with van der Waals surface area (Å²) < 4.78 is 4.93. The molecule has 0 saturated carbocycles. The molecular formula is C22H23N5O5. The maximum Gasteiger partial charge on any atom is 0.257 e. The zero-order chi connectivity index (χ0) is 22.7. The Morgan fingerprint density at radius 3 is 2.69 bits per heavy atom. The number of para-hydroxylation sites is 1. The fourth-order valence-corrected chi connectivity index (χ4v) is 3.74. The molecule has 10 heteroatoms. The molecule has 0 atom stereocenters. The van der Waals surface area contributed by atoms with Crippen LogP contribution in [0.3, 0.4) is 0 Å². The molecule has 1 aliphatic heterocycles. The van der Waals surface area contributed by atoms with Crippen molar-refractivity contribution in [3.05, 3.63) is 58.1 Å². The molecule has 0 spiro atoms. The number of hydrogen-bond donors (Lipinski definition) is 3. The topological polar surface area (TPSA) is 137 Å². The van der Waals surface area contributed by atoms with Crippen molar-refractivity contribution in [2.24, 2.45) is 5.92 Å². The van der Waals surface area contributed by atoms with E-state index in [0.29, 0.717) is 48.4 Å². The number of carbonyl (C=O) groups is 3. The van der Waals surface area contributed by atoms with Crippen LogP contribution in [-0.2, 0) is 9.59 Å². The van der Waals surface area contributed by atoms with Crippen molar-refractivity contribution < 1.29 is 18.9 Å². The number of carbonyl (C=O) groups excluding carboxylic acids is 3. The van der Waals surface area contributed by atoms with Gasteiger partial charge in [0.2, 0.25) is 17.2 Å². The average Bonchev–Trinajstić information content (AvgIpc) is 3.22. The van der Waals surface area contributed by atoms with Crippen LogP contribution in [0.5, 0.6) is 0 Å². The number of likely N-dealkylation sites (tertiary alicyclic amines) is 1. The second-order valence-electron chi connectivity index (χ2n) is 7.73. The molecule has 1 aliphatic rings. The van der Waals surface area contributed by atoms with Crippen molar-refractivity contribution in [1.82, 2.24) is 20.4 Å². The van der Waals surface area contributed by atoms with Crippen LogP contribution in [0.25, 0.3) is 10.9 Å². The summed E-state index contributed by atoms with van der Waals surface area (Å²) >= 11 is 0. The van der Waals surface area contributed by atoms with Gasteiger partial charge in [-0.25, -0.2) is 0 Å². The molecule has 1 aromatic carbocycles. The molecule has 0 bridgehead atoms. The number of fused-ring (bicyclic) bond motifs is 1. The Labute approximate surface area is 183 Å². The Kier molecular flexibility index (Phi) is 6.02. The third-order valence-corrected chi connectivity index (χ3v) is 5.53. The van der Waals surface area contributed by atoms with Gasteiger partial charge in [-0.15, -0.1) is 0 Å². The van der Waals surface area contributed by atoms with E-state index < -0.39 is 11.3 Å². The summed E-state index contributed by atoms with van der Waals surface area (Å²) in [5.41, 5.74) is 0.198. The zero-order valence-electron chi connectivity index (χ0n) is 17.5. The first kappa shape index (κ1) is 21.3. The fraction of sp³-hybridized carbons (Fsp3) is 0.318. The molecule has 10 nitrogen and oxygen atoms in total. The van der Waals surface area contributed by atoms with Gasteiger partial charge < -0.3 is 25.0 Å². The first-order valence-electron chi connectivity index (χ1n) is 10.3. The van der Waals surface area contributed by atoms with Crippen LogP contribution in [0.15, 0.2) is 45.8 Å². The standard InChI is InChI=1S/C22H23N5O5/c1-13-10-18(26-32-13)25-21(30)14-6-8-27(9-7-14)19(28)12-24-22(31)16-11-23-17-5-3-2-4-15(17)20(16)29/h2-5,10-11,14H,6-9,12H2,1H3,(H,23,29)(H,24,31)(H,25,26,30). The average molecular weight is 437 g/mol. The quantitative estimate of drug-likeness (QED) is 0.552. The molecule has 4 rings (SSSR count). The van der Waals surface area contributed by atoms with E-state index in [1.165, 1.54) is 6.20 Å². The number of aromatic nitrogens is 2. The lowest BCUT2D eigenvalue weighted by molar-refractivity contribution is -0.133. The summed E-state index contributed by atoms with van der Waals surface area (Å²) in [7, 11) is 0. The number of nitrogens with zero attached hydrogens (tertiary/aromatic N) is 2. The van der Waals surface area contributed by atoms with Gasteiger partial charge in [0.15, 0.2) is 5.82 Å². The molecule has 32 heavy (non-hydrogen) atoms. The predicted molar refractivity (Wildman–Crippen MR) is 116 cm³/mol. The number of anilines is 1. The predicted octanol–water partition coefficient (Wildman–Crippen LogP) is 1.43. The smallest absolute Gasteiger partial charge is 0.257 e. The number of pyridine rings is 1. The highest BCUT2D eigenvalue weighted by Crippen LogP contribution is 2.19. The Hall–Kier alpha value is -3.95. The second kappa shape index (κ2) is 9.04. The van der Waals surface area contributed by atoms with Crippen LogP contribution in [0, 0.1) is 12.8 Å².